The number of nitrogens with one attached hydrogen (secondary N) is 1. The number of imidazole rings is 1. The van der Waals surface area contributed by atoms with Gasteiger partial charge in [0.25, 0.3) is 0 Å². The molecule has 4 rings (SSSR count). The summed E-state index contributed by atoms with van der Waals surface area (Å²) in [4.78, 5) is 35.4. The molecule has 0 atom stereocenters. The third-order valence-electron chi connectivity index (χ3n) is 5.22. The summed E-state index contributed by atoms with van der Waals surface area (Å²) in [5, 5.41) is 0.125. The molecule has 0 saturated heterocycles. The quantitative estimate of drug-likeness (QED) is 0.345. The van der Waals surface area contributed by atoms with E-state index in [9.17, 15) is 14.0 Å². The summed E-state index contributed by atoms with van der Waals surface area (Å²) in [6.07, 6.45) is -0.277. The third kappa shape index (κ3) is 4.62. The third-order valence-corrected chi connectivity index (χ3v) is 5.52. The number of primary amides is 1. The second-order valence-corrected chi connectivity index (χ2v) is 7.83. The van der Waals surface area contributed by atoms with Crippen molar-refractivity contribution in [3.8, 4) is 28.8 Å². The Morgan fingerprint density at radius 1 is 1.11 bits per heavy atom. The minimum atomic E-state index is -0.664. The lowest BCUT2D eigenvalue weighted by Crippen LogP contribution is -2.17. The smallest absolute Gasteiger partial charge is 0.332 e. The standard InChI is InChI=1S/C23H21ClFN5O6/c1-33-15-6-4-5-13(25)11(15)10-36-17-8-14(12(24)7-16(17)34-2)30-21-20(29-23(30)32)22(35-3)28-19(27-21)9-18(26)31/h4-8H,9-10H2,1-3H3,(H2,26,31)(H,29,32). The molecule has 13 heteroatoms. The van der Waals surface area contributed by atoms with Crippen molar-refractivity contribution >= 4 is 28.7 Å². The Morgan fingerprint density at radius 2 is 1.86 bits per heavy atom. The number of nitrogens with zero attached hydrogens (tertiary/aromatic N) is 3. The molecule has 0 radical (unpaired) electrons. The molecule has 4 aromatic rings. The lowest BCUT2D eigenvalue weighted by Gasteiger charge is -2.16. The van der Waals surface area contributed by atoms with Gasteiger partial charge in [-0.1, -0.05) is 17.7 Å². The second kappa shape index (κ2) is 10.1. The predicted molar refractivity (Wildman–Crippen MR) is 128 cm³/mol. The summed E-state index contributed by atoms with van der Waals surface area (Å²) in [5.74, 6) is -0.368. The Bertz CT molecular complexity index is 1520. The minimum absolute atomic E-state index is 0.0415. The van der Waals surface area contributed by atoms with Crippen molar-refractivity contribution in [1.29, 1.82) is 0 Å². The summed E-state index contributed by atoms with van der Waals surface area (Å²) in [7, 11) is 4.19. The summed E-state index contributed by atoms with van der Waals surface area (Å²) in [5.41, 5.74) is 5.31. The Labute approximate surface area is 208 Å². The number of carbonyl (C=O) groups excluding carboxylic acids is 1. The van der Waals surface area contributed by atoms with Gasteiger partial charge >= 0.3 is 5.69 Å². The van der Waals surface area contributed by atoms with Crippen LogP contribution in [-0.4, -0.2) is 46.8 Å². The molecule has 11 nitrogen and oxygen atoms in total. The van der Waals surface area contributed by atoms with Gasteiger partial charge in [-0.25, -0.2) is 18.7 Å². The average Bonchev–Trinajstić information content (AvgIpc) is 3.18. The van der Waals surface area contributed by atoms with Crippen LogP contribution < -0.4 is 30.4 Å². The number of rotatable bonds is 9. The summed E-state index contributed by atoms with van der Waals surface area (Å²) < 4.78 is 37.3. The monoisotopic (exact) mass is 517 g/mol. The highest BCUT2D eigenvalue weighted by molar-refractivity contribution is 6.32. The van der Waals surface area contributed by atoms with Crippen LogP contribution in [0, 0.1) is 5.82 Å². The van der Waals surface area contributed by atoms with Crippen LogP contribution in [-0.2, 0) is 17.8 Å². The van der Waals surface area contributed by atoms with E-state index in [4.69, 9.17) is 36.3 Å². The summed E-state index contributed by atoms with van der Waals surface area (Å²) in [6, 6.07) is 7.30. The minimum Gasteiger partial charge on any atom is -0.496 e. The van der Waals surface area contributed by atoms with Crippen LogP contribution in [0.25, 0.3) is 16.9 Å². The highest BCUT2D eigenvalue weighted by atomic mass is 35.5. The molecule has 0 aliphatic heterocycles. The fourth-order valence-corrected chi connectivity index (χ4v) is 3.83. The number of methoxy groups -OCH3 is 3. The number of nitrogens with two attached hydrogens (primary N) is 1. The first-order chi connectivity index (χ1) is 17.3. The van der Waals surface area contributed by atoms with Crippen molar-refractivity contribution in [1.82, 2.24) is 19.5 Å². The van der Waals surface area contributed by atoms with Crippen molar-refractivity contribution in [3.05, 3.63) is 63.0 Å². The molecule has 0 aliphatic rings. The van der Waals surface area contributed by atoms with Crippen molar-refractivity contribution in [2.24, 2.45) is 5.73 Å². The number of aromatic nitrogens is 4. The summed E-state index contributed by atoms with van der Waals surface area (Å²) in [6.45, 7) is -0.200. The first-order valence-electron chi connectivity index (χ1n) is 10.4. The molecule has 36 heavy (non-hydrogen) atoms. The number of H-pyrrole nitrogens is 1. The fraction of sp³-hybridized carbons (Fsp3) is 0.217. The molecule has 188 valence electrons. The molecule has 2 aromatic heterocycles. The maximum absolute atomic E-state index is 14.4. The zero-order valence-electron chi connectivity index (χ0n) is 19.4. The maximum atomic E-state index is 14.4. The molecule has 3 N–H and O–H groups in total. The van der Waals surface area contributed by atoms with Gasteiger partial charge < -0.3 is 24.7 Å². The van der Waals surface area contributed by atoms with E-state index in [2.05, 4.69) is 15.0 Å². The van der Waals surface area contributed by atoms with Crippen LogP contribution in [0.3, 0.4) is 0 Å². The lowest BCUT2D eigenvalue weighted by atomic mass is 10.2. The number of aromatic amines is 1. The first-order valence-corrected chi connectivity index (χ1v) is 10.8. The Hall–Kier alpha value is -4.32. The molecular formula is C23H21ClFN5O6. The topological polar surface area (TPSA) is 144 Å². The molecule has 0 bridgehead atoms. The van der Waals surface area contributed by atoms with Crippen LogP contribution in [0.1, 0.15) is 11.4 Å². The number of carbonyl (C=O) groups is 1. The van der Waals surface area contributed by atoms with E-state index in [0.717, 1.165) is 0 Å². The molecular weight excluding hydrogens is 497 g/mol. The largest absolute Gasteiger partial charge is 0.496 e. The Morgan fingerprint density at radius 3 is 2.53 bits per heavy atom. The highest BCUT2D eigenvalue weighted by Gasteiger charge is 2.22. The van der Waals surface area contributed by atoms with Crippen molar-refractivity contribution in [2.45, 2.75) is 13.0 Å². The SMILES string of the molecule is COc1cc(Cl)c(-n2c(=O)[nH]c3c(OC)nc(CC(N)=O)nc32)cc1OCc1c(F)cccc1OC. The molecule has 2 heterocycles. The number of hydrogen-bond donors (Lipinski definition) is 2. The average molecular weight is 518 g/mol. The molecule has 0 saturated carbocycles. The number of hydrogen-bond acceptors (Lipinski definition) is 8. The van der Waals surface area contributed by atoms with Gasteiger partial charge in [0.05, 0.1) is 44.0 Å². The molecule has 0 unspecified atom stereocenters. The van der Waals surface area contributed by atoms with Crippen LogP contribution in [0.4, 0.5) is 4.39 Å². The van der Waals surface area contributed by atoms with Gasteiger partial charge in [-0.05, 0) is 12.1 Å². The van der Waals surface area contributed by atoms with Crippen molar-refractivity contribution < 1.29 is 28.1 Å². The van der Waals surface area contributed by atoms with Gasteiger partial charge in [0.1, 0.15) is 29.5 Å². The van der Waals surface area contributed by atoms with E-state index in [-0.39, 0.29) is 63.7 Å². The first kappa shape index (κ1) is 24.8. The number of benzene rings is 2. The predicted octanol–water partition coefficient (Wildman–Crippen LogP) is 2.53. The van der Waals surface area contributed by atoms with Gasteiger partial charge in [0, 0.05) is 12.1 Å². The van der Waals surface area contributed by atoms with E-state index >= 15 is 0 Å². The molecule has 0 aliphatic carbocycles. The van der Waals surface area contributed by atoms with E-state index < -0.39 is 17.4 Å². The van der Waals surface area contributed by atoms with E-state index in [1.807, 2.05) is 0 Å². The molecule has 0 spiro atoms. The Kier molecular flexibility index (Phi) is 6.97. The van der Waals surface area contributed by atoms with Gasteiger partial charge in [-0.15, -0.1) is 0 Å². The molecule has 1 amide bonds. The fourth-order valence-electron chi connectivity index (χ4n) is 3.60. The van der Waals surface area contributed by atoms with Crippen molar-refractivity contribution in [3.63, 3.8) is 0 Å². The van der Waals surface area contributed by atoms with E-state index in [1.54, 1.807) is 6.07 Å². The van der Waals surface area contributed by atoms with Crippen LogP contribution >= 0.6 is 11.6 Å². The Balaban J connectivity index is 1.84. The second-order valence-electron chi connectivity index (χ2n) is 7.42. The zero-order valence-corrected chi connectivity index (χ0v) is 20.2. The van der Waals surface area contributed by atoms with Crippen LogP contribution in [0.5, 0.6) is 23.1 Å². The van der Waals surface area contributed by atoms with E-state index in [1.165, 1.54) is 50.2 Å². The normalized spacial score (nSPS) is 10.9. The number of ether oxygens (including phenoxy) is 4. The molecule has 0 fully saturated rings. The maximum Gasteiger partial charge on any atom is 0.332 e. The van der Waals surface area contributed by atoms with Gasteiger partial charge in [-0.2, -0.15) is 4.98 Å². The lowest BCUT2D eigenvalue weighted by molar-refractivity contribution is -0.117. The van der Waals surface area contributed by atoms with Gasteiger partial charge in [0.15, 0.2) is 17.1 Å². The molecule has 2 aromatic carbocycles. The summed E-state index contributed by atoms with van der Waals surface area (Å²) >= 11 is 6.49. The zero-order chi connectivity index (χ0) is 26.0. The number of amides is 1. The highest BCUT2D eigenvalue weighted by Crippen LogP contribution is 2.37. The van der Waals surface area contributed by atoms with Gasteiger partial charge in [0.2, 0.25) is 11.8 Å². The number of halogens is 2. The van der Waals surface area contributed by atoms with Crippen LogP contribution in [0.2, 0.25) is 5.02 Å². The van der Waals surface area contributed by atoms with Gasteiger partial charge in [-0.3, -0.25) is 9.78 Å². The van der Waals surface area contributed by atoms with E-state index in [0.29, 0.717) is 5.75 Å². The van der Waals surface area contributed by atoms with Crippen LogP contribution in [0.15, 0.2) is 35.1 Å². The van der Waals surface area contributed by atoms with Crippen molar-refractivity contribution in [2.75, 3.05) is 21.3 Å². The number of fused-ring (bicyclic) bond motifs is 1.